The molecular formula is C18H24O2. The molecule has 0 heterocycles. The van der Waals surface area contributed by atoms with Gasteiger partial charge in [0.05, 0.1) is 13.2 Å². The molecule has 0 aliphatic rings. The molecule has 0 radical (unpaired) electrons. The molecule has 0 amide bonds. The Morgan fingerprint density at radius 2 is 1.55 bits per heavy atom. The third-order valence-corrected chi connectivity index (χ3v) is 2.97. The second kappa shape index (κ2) is 6.65. The van der Waals surface area contributed by atoms with Crippen LogP contribution in [0.5, 0.6) is 11.5 Å². The van der Waals surface area contributed by atoms with Crippen molar-refractivity contribution in [3.8, 4) is 11.5 Å². The zero-order valence-corrected chi connectivity index (χ0v) is 12.8. The fourth-order valence-corrected chi connectivity index (χ4v) is 1.97. The summed E-state index contributed by atoms with van der Waals surface area (Å²) in [5.41, 5.74) is 0. The van der Waals surface area contributed by atoms with Gasteiger partial charge in [0.1, 0.15) is 11.5 Å². The van der Waals surface area contributed by atoms with Crippen molar-refractivity contribution < 1.29 is 9.47 Å². The Kier molecular flexibility index (Phi) is 4.89. The van der Waals surface area contributed by atoms with Gasteiger partial charge in [-0.05, 0) is 41.5 Å². The average Bonchev–Trinajstić information content (AvgIpc) is 2.42. The van der Waals surface area contributed by atoms with E-state index in [4.69, 9.17) is 9.47 Å². The molecule has 0 saturated carbocycles. The van der Waals surface area contributed by atoms with Crippen molar-refractivity contribution in [3.63, 3.8) is 0 Å². The quantitative estimate of drug-likeness (QED) is 0.744. The van der Waals surface area contributed by atoms with Gasteiger partial charge in [0.25, 0.3) is 0 Å². The first kappa shape index (κ1) is 14.7. The van der Waals surface area contributed by atoms with E-state index < -0.39 is 0 Å². The molecule has 0 fully saturated rings. The van der Waals surface area contributed by atoms with Gasteiger partial charge in [-0.25, -0.2) is 0 Å². The first-order valence-corrected chi connectivity index (χ1v) is 7.34. The second-order valence-corrected chi connectivity index (χ2v) is 6.05. The molecule has 0 N–H and O–H groups in total. The lowest BCUT2D eigenvalue weighted by atomic mass is 10.1. The summed E-state index contributed by atoms with van der Waals surface area (Å²) in [5.74, 6) is 2.93. The lowest BCUT2D eigenvalue weighted by Gasteiger charge is -2.13. The Hall–Kier alpha value is -1.70. The van der Waals surface area contributed by atoms with E-state index in [9.17, 15) is 0 Å². The standard InChI is InChI=1S/C18H24O2/c1-13(2)11-19-16-8-9-17-15(10-16)6-5-7-18(17)20-12-14(3)4/h5-10,13-14H,11-12H2,1-4H3. The Labute approximate surface area is 121 Å². The van der Waals surface area contributed by atoms with E-state index in [0.717, 1.165) is 35.5 Å². The monoisotopic (exact) mass is 272 g/mol. The molecule has 0 bridgehead atoms. The van der Waals surface area contributed by atoms with E-state index in [1.807, 2.05) is 18.2 Å². The number of hydrogen-bond acceptors (Lipinski definition) is 2. The fraction of sp³-hybridized carbons (Fsp3) is 0.444. The molecule has 0 aromatic heterocycles. The molecular weight excluding hydrogens is 248 g/mol. The van der Waals surface area contributed by atoms with Crippen molar-refractivity contribution in [2.75, 3.05) is 13.2 Å². The summed E-state index contributed by atoms with van der Waals surface area (Å²) in [6.45, 7) is 10.1. The first-order valence-electron chi connectivity index (χ1n) is 7.34. The molecule has 2 aromatic rings. The predicted molar refractivity (Wildman–Crippen MR) is 84.6 cm³/mol. The van der Waals surface area contributed by atoms with Crippen LogP contribution in [0.15, 0.2) is 36.4 Å². The van der Waals surface area contributed by atoms with Crippen LogP contribution in [-0.2, 0) is 0 Å². The number of benzene rings is 2. The van der Waals surface area contributed by atoms with Gasteiger partial charge in [0, 0.05) is 5.39 Å². The maximum absolute atomic E-state index is 5.88. The lowest BCUT2D eigenvalue weighted by Crippen LogP contribution is -2.05. The summed E-state index contributed by atoms with van der Waals surface area (Å²) < 4.78 is 11.7. The van der Waals surface area contributed by atoms with Gasteiger partial charge in [0.15, 0.2) is 0 Å². The Balaban J connectivity index is 2.21. The van der Waals surface area contributed by atoms with Crippen LogP contribution in [0.1, 0.15) is 27.7 Å². The van der Waals surface area contributed by atoms with Crippen molar-refractivity contribution in [1.82, 2.24) is 0 Å². The fourth-order valence-electron chi connectivity index (χ4n) is 1.97. The van der Waals surface area contributed by atoms with E-state index in [2.05, 4.69) is 45.9 Å². The minimum absolute atomic E-state index is 0.527. The number of hydrogen-bond donors (Lipinski definition) is 0. The van der Waals surface area contributed by atoms with Gasteiger partial charge in [-0.1, -0.05) is 39.8 Å². The smallest absolute Gasteiger partial charge is 0.127 e. The molecule has 0 spiro atoms. The number of fused-ring (bicyclic) bond motifs is 1. The normalized spacial score (nSPS) is 11.3. The highest BCUT2D eigenvalue weighted by molar-refractivity contribution is 5.89. The Morgan fingerprint density at radius 1 is 0.850 bits per heavy atom. The molecule has 20 heavy (non-hydrogen) atoms. The molecule has 0 saturated heterocycles. The third-order valence-electron chi connectivity index (χ3n) is 2.97. The van der Waals surface area contributed by atoms with Gasteiger partial charge in [-0.15, -0.1) is 0 Å². The van der Waals surface area contributed by atoms with Gasteiger partial charge < -0.3 is 9.47 Å². The van der Waals surface area contributed by atoms with E-state index in [1.54, 1.807) is 0 Å². The van der Waals surface area contributed by atoms with Crippen LogP contribution in [0.4, 0.5) is 0 Å². The highest BCUT2D eigenvalue weighted by atomic mass is 16.5. The van der Waals surface area contributed by atoms with E-state index >= 15 is 0 Å². The van der Waals surface area contributed by atoms with Crippen LogP contribution in [0.3, 0.4) is 0 Å². The van der Waals surface area contributed by atoms with E-state index in [-0.39, 0.29) is 0 Å². The summed E-state index contributed by atoms with van der Waals surface area (Å²) >= 11 is 0. The van der Waals surface area contributed by atoms with Crippen LogP contribution < -0.4 is 9.47 Å². The van der Waals surface area contributed by atoms with Crippen molar-refractivity contribution in [2.45, 2.75) is 27.7 Å². The van der Waals surface area contributed by atoms with Crippen LogP contribution in [-0.4, -0.2) is 13.2 Å². The molecule has 2 aromatic carbocycles. The second-order valence-electron chi connectivity index (χ2n) is 6.05. The summed E-state index contributed by atoms with van der Waals surface area (Å²) in [5, 5.41) is 2.30. The molecule has 0 atom stereocenters. The van der Waals surface area contributed by atoms with Crippen molar-refractivity contribution in [1.29, 1.82) is 0 Å². The van der Waals surface area contributed by atoms with Crippen LogP contribution in [0.2, 0.25) is 0 Å². The lowest BCUT2D eigenvalue weighted by molar-refractivity contribution is 0.271. The van der Waals surface area contributed by atoms with Crippen molar-refractivity contribution >= 4 is 10.8 Å². The van der Waals surface area contributed by atoms with Gasteiger partial charge in [0.2, 0.25) is 0 Å². The molecule has 108 valence electrons. The molecule has 0 aliphatic carbocycles. The van der Waals surface area contributed by atoms with Gasteiger partial charge in [-0.3, -0.25) is 0 Å². The minimum Gasteiger partial charge on any atom is -0.493 e. The van der Waals surface area contributed by atoms with Crippen molar-refractivity contribution in [3.05, 3.63) is 36.4 Å². The zero-order valence-electron chi connectivity index (χ0n) is 12.8. The molecule has 2 rings (SSSR count). The van der Waals surface area contributed by atoms with Crippen LogP contribution >= 0.6 is 0 Å². The number of ether oxygens (including phenoxy) is 2. The molecule has 0 unspecified atom stereocenters. The molecule has 0 aliphatic heterocycles. The summed E-state index contributed by atoms with van der Waals surface area (Å²) in [7, 11) is 0. The Morgan fingerprint density at radius 3 is 2.25 bits per heavy atom. The number of rotatable bonds is 6. The summed E-state index contributed by atoms with van der Waals surface area (Å²) in [4.78, 5) is 0. The topological polar surface area (TPSA) is 18.5 Å². The minimum atomic E-state index is 0.527. The Bertz CT molecular complexity index is 558. The van der Waals surface area contributed by atoms with E-state index in [0.29, 0.717) is 11.8 Å². The van der Waals surface area contributed by atoms with Crippen LogP contribution in [0, 0.1) is 11.8 Å². The zero-order chi connectivity index (χ0) is 14.5. The largest absolute Gasteiger partial charge is 0.493 e. The van der Waals surface area contributed by atoms with Crippen molar-refractivity contribution in [2.24, 2.45) is 11.8 Å². The highest BCUT2D eigenvalue weighted by Crippen LogP contribution is 2.29. The van der Waals surface area contributed by atoms with Crippen LogP contribution in [0.25, 0.3) is 10.8 Å². The van der Waals surface area contributed by atoms with E-state index in [1.165, 1.54) is 0 Å². The summed E-state index contributed by atoms with van der Waals surface area (Å²) in [6, 6.07) is 12.3. The molecule has 2 heteroatoms. The highest BCUT2D eigenvalue weighted by Gasteiger charge is 2.05. The maximum atomic E-state index is 5.88. The third kappa shape index (κ3) is 3.89. The average molecular weight is 272 g/mol. The SMILES string of the molecule is CC(C)COc1ccc2c(OCC(C)C)cccc2c1. The van der Waals surface area contributed by atoms with Gasteiger partial charge in [-0.2, -0.15) is 0 Å². The maximum Gasteiger partial charge on any atom is 0.127 e. The first-order chi connectivity index (χ1) is 9.56. The summed E-state index contributed by atoms with van der Waals surface area (Å²) in [6.07, 6.45) is 0. The molecule has 2 nitrogen and oxygen atoms in total. The van der Waals surface area contributed by atoms with Gasteiger partial charge >= 0.3 is 0 Å². The predicted octanol–water partition coefficient (Wildman–Crippen LogP) is 4.91.